The van der Waals surface area contributed by atoms with Crippen LogP contribution in [-0.2, 0) is 9.59 Å². The quantitative estimate of drug-likeness (QED) is 0.309. The molecule has 0 aromatic rings. The number of carbonyl (C=O) groups is 2. The van der Waals surface area contributed by atoms with Crippen molar-refractivity contribution < 1.29 is 25.3 Å². The molecule has 0 aromatic heterocycles. The molecule has 0 bridgehead atoms. The predicted molar refractivity (Wildman–Crippen MR) is 104 cm³/mol. The van der Waals surface area contributed by atoms with Gasteiger partial charge >= 0.3 is 5.97 Å². The number of nitrogens with zero attached hydrogens (tertiary/aromatic N) is 1. The predicted octanol–water partition coefficient (Wildman–Crippen LogP) is 0.0984. The number of nitrogens with two attached hydrogens (primary N) is 2. The molecule has 1 aliphatic carbocycles. The van der Waals surface area contributed by atoms with E-state index in [0.717, 1.165) is 12.8 Å². The van der Waals surface area contributed by atoms with Crippen LogP contribution in [0.2, 0.25) is 0 Å². The Hall–Kier alpha value is -1.87. The first-order valence-electron chi connectivity index (χ1n) is 7.99. The highest BCUT2D eigenvalue weighted by Crippen LogP contribution is 2.39. The molecule has 0 radical (unpaired) electrons. The average Bonchev–Trinajstić information content (AvgIpc) is 2.74. The molecule has 0 saturated heterocycles. The number of hydrogen-bond donors (Lipinski definition) is 5. The third-order valence-electron chi connectivity index (χ3n) is 4.72. The van der Waals surface area contributed by atoms with Crippen molar-refractivity contribution in [3.05, 3.63) is 0 Å². The van der Waals surface area contributed by atoms with Gasteiger partial charge in [0.25, 0.3) is 0 Å². The zero-order valence-corrected chi connectivity index (χ0v) is 14.4. The standard InChI is InChI=1S/C15H28N4O4.2CH4.H2O/c1-4-8(5-2)12(18-7(3)20)11-10(19-15(16)17)6-9(13(11)21)14(22)23;;;/h8-13,21H,4-6H2,1-3H3,(H,18,20)(H,22,23)(H4,16,17,19);2*1H4;1H2/t9-,10+,11+,12?,13+;;;/m0.../s1. The minimum atomic E-state index is -1.11. The molecular weight excluding hydrogens is 340 g/mol. The second-order valence-electron chi connectivity index (χ2n) is 6.17. The minimum Gasteiger partial charge on any atom is -0.481 e. The second kappa shape index (κ2) is 12.5. The van der Waals surface area contributed by atoms with E-state index in [1.165, 1.54) is 6.92 Å². The molecule has 156 valence electrons. The molecule has 26 heavy (non-hydrogen) atoms. The van der Waals surface area contributed by atoms with Crippen LogP contribution >= 0.6 is 0 Å². The molecule has 1 unspecified atom stereocenters. The molecule has 1 saturated carbocycles. The first kappa shape index (κ1) is 28.9. The molecule has 1 amide bonds. The van der Waals surface area contributed by atoms with Crippen molar-refractivity contribution in [3.63, 3.8) is 0 Å². The summed E-state index contributed by atoms with van der Waals surface area (Å²) in [4.78, 5) is 27.1. The highest BCUT2D eigenvalue weighted by Gasteiger charge is 2.50. The van der Waals surface area contributed by atoms with Crippen LogP contribution < -0.4 is 16.8 Å². The van der Waals surface area contributed by atoms with Crippen molar-refractivity contribution >= 4 is 17.8 Å². The van der Waals surface area contributed by atoms with Crippen LogP contribution in [0.25, 0.3) is 0 Å². The van der Waals surface area contributed by atoms with Gasteiger partial charge in [-0.2, -0.15) is 0 Å². The fourth-order valence-corrected chi connectivity index (χ4v) is 3.64. The van der Waals surface area contributed by atoms with Gasteiger partial charge in [0, 0.05) is 18.9 Å². The van der Waals surface area contributed by atoms with Gasteiger partial charge in [-0.25, -0.2) is 4.99 Å². The van der Waals surface area contributed by atoms with Gasteiger partial charge < -0.3 is 32.5 Å². The zero-order chi connectivity index (χ0) is 17.7. The van der Waals surface area contributed by atoms with Crippen LogP contribution in [0.4, 0.5) is 0 Å². The van der Waals surface area contributed by atoms with Crippen LogP contribution in [0.1, 0.15) is 54.9 Å². The van der Waals surface area contributed by atoms with Crippen molar-refractivity contribution in [2.24, 2.45) is 34.2 Å². The lowest BCUT2D eigenvalue weighted by molar-refractivity contribution is -0.145. The normalized spacial score (nSPS) is 25.1. The van der Waals surface area contributed by atoms with Crippen LogP contribution in [0.3, 0.4) is 0 Å². The van der Waals surface area contributed by atoms with E-state index < -0.39 is 30.0 Å². The third kappa shape index (κ3) is 6.80. The lowest BCUT2D eigenvalue weighted by atomic mass is 9.80. The average molecular weight is 379 g/mol. The maximum atomic E-state index is 11.6. The van der Waals surface area contributed by atoms with E-state index in [9.17, 15) is 19.8 Å². The molecule has 0 heterocycles. The summed E-state index contributed by atoms with van der Waals surface area (Å²) < 4.78 is 0. The van der Waals surface area contributed by atoms with Gasteiger partial charge in [-0.15, -0.1) is 0 Å². The minimum absolute atomic E-state index is 0. The highest BCUT2D eigenvalue weighted by atomic mass is 16.4. The molecule has 1 aliphatic rings. The van der Waals surface area contributed by atoms with Gasteiger partial charge in [0.05, 0.1) is 18.1 Å². The van der Waals surface area contributed by atoms with Gasteiger partial charge in [-0.05, 0) is 12.3 Å². The van der Waals surface area contributed by atoms with E-state index in [0.29, 0.717) is 0 Å². The van der Waals surface area contributed by atoms with Gasteiger partial charge in [0.2, 0.25) is 5.91 Å². The van der Waals surface area contributed by atoms with Crippen LogP contribution in [-0.4, -0.2) is 51.7 Å². The van der Waals surface area contributed by atoms with Gasteiger partial charge in [0.15, 0.2) is 5.96 Å². The summed E-state index contributed by atoms with van der Waals surface area (Å²) in [5.74, 6) is -2.84. The van der Waals surface area contributed by atoms with Crippen LogP contribution in [0.15, 0.2) is 4.99 Å². The largest absolute Gasteiger partial charge is 0.481 e. The number of aliphatic carboxylic acids is 1. The molecule has 0 aromatic carbocycles. The summed E-state index contributed by atoms with van der Waals surface area (Å²) in [5, 5.41) is 22.7. The number of rotatable bonds is 7. The Morgan fingerprint density at radius 2 is 1.73 bits per heavy atom. The van der Waals surface area contributed by atoms with Gasteiger partial charge in [0.1, 0.15) is 0 Å². The summed E-state index contributed by atoms with van der Waals surface area (Å²) in [6.45, 7) is 5.39. The Kier molecular flexibility index (Phi) is 13.9. The summed E-state index contributed by atoms with van der Waals surface area (Å²) >= 11 is 0. The summed E-state index contributed by atoms with van der Waals surface area (Å²) in [5.41, 5.74) is 10.9. The third-order valence-corrected chi connectivity index (χ3v) is 4.72. The number of hydrogen-bond acceptors (Lipinski definition) is 4. The Morgan fingerprint density at radius 3 is 2.08 bits per heavy atom. The highest BCUT2D eigenvalue weighted by molar-refractivity contribution is 5.76. The Balaban J connectivity index is -0.00000176. The molecular formula is C17H38N4O5. The molecule has 9 nitrogen and oxygen atoms in total. The molecule has 5 atom stereocenters. The summed E-state index contributed by atoms with van der Waals surface area (Å²) in [6.07, 6.45) is 0.612. The number of carboxylic acids is 1. The number of guanidine groups is 1. The number of carbonyl (C=O) groups excluding carboxylic acids is 1. The molecule has 1 rings (SSSR count). The Morgan fingerprint density at radius 1 is 1.23 bits per heavy atom. The number of nitrogens with one attached hydrogen (secondary N) is 1. The maximum absolute atomic E-state index is 11.6. The maximum Gasteiger partial charge on any atom is 0.309 e. The fourth-order valence-electron chi connectivity index (χ4n) is 3.64. The number of carboxylic acid groups (broad SMARTS) is 1. The monoisotopic (exact) mass is 378 g/mol. The van der Waals surface area contributed by atoms with Gasteiger partial charge in [-0.1, -0.05) is 41.5 Å². The van der Waals surface area contributed by atoms with E-state index in [2.05, 4.69) is 10.3 Å². The summed E-state index contributed by atoms with van der Waals surface area (Å²) in [7, 11) is 0. The summed E-state index contributed by atoms with van der Waals surface area (Å²) in [6, 6.07) is -0.913. The van der Waals surface area contributed by atoms with E-state index in [-0.39, 0.29) is 50.6 Å². The first-order valence-corrected chi connectivity index (χ1v) is 7.99. The van der Waals surface area contributed by atoms with Gasteiger partial charge in [-0.3, -0.25) is 9.59 Å². The molecule has 0 spiro atoms. The van der Waals surface area contributed by atoms with E-state index in [1.807, 2.05) is 13.8 Å². The van der Waals surface area contributed by atoms with E-state index in [4.69, 9.17) is 11.5 Å². The fraction of sp³-hybridized carbons (Fsp3) is 0.824. The molecule has 1 fully saturated rings. The zero-order valence-electron chi connectivity index (χ0n) is 14.4. The first-order chi connectivity index (χ1) is 10.7. The van der Waals surface area contributed by atoms with E-state index >= 15 is 0 Å². The number of aliphatic imine (C=N–C) groups is 1. The van der Waals surface area contributed by atoms with Crippen molar-refractivity contribution in [1.82, 2.24) is 5.32 Å². The Labute approximate surface area is 156 Å². The smallest absolute Gasteiger partial charge is 0.309 e. The van der Waals surface area contributed by atoms with Crippen molar-refractivity contribution in [2.45, 2.75) is 73.1 Å². The number of aliphatic hydroxyl groups excluding tert-OH is 1. The Bertz CT molecular complexity index is 464. The van der Waals surface area contributed by atoms with Crippen molar-refractivity contribution in [3.8, 4) is 0 Å². The SMILES string of the molecule is C.C.CCC(CC)C(NC(C)=O)[C@@H]1[C@H](O)[C@@H](C(=O)O)C[C@H]1N=C(N)N.O. The van der Waals surface area contributed by atoms with Crippen molar-refractivity contribution in [1.29, 1.82) is 0 Å². The van der Waals surface area contributed by atoms with Crippen molar-refractivity contribution in [2.75, 3.05) is 0 Å². The number of aliphatic hydroxyl groups is 1. The van der Waals surface area contributed by atoms with Crippen LogP contribution in [0.5, 0.6) is 0 Å². The van der Waals surface area contributed by atoms with Crippen LogP contribution in [0, 0.1) is 17.8 Å². The molecule has 9 N–H and O–H groups in total. The van der Waals surface area contributed by atoms with E-state index in [1.54, 1.807) is 0 Å². The topological polar surface area (TPSA) is 183 Å². The molecule has 9 heteroatoms. The second-order valence-corrected chi connectivity index (χ2v) is 6.17. The number of amides is 1. The lowest BCUT2D eigenvalue weighted by Gasteiger charge is -2.35. The lowest BCUT2D eigenvalue weighted by Crippen LogP contribution is -2.51. The molecule has 0 aliphatic heterocycles.